The molecular formula is C19H40O5Si. The van der Waals surface area contributed by atoms with Gasteiger partial charge >= 0.3 is 8.80 Å². The summed E-state index contributed by atoms with van der Waals surface area (Å²) in [7, 11) is -2.98. The molecule has 0 amide bonds. The van der Waals surface area contributed by atoms with Gasteiger partial charge in [-0.25, -0.2) is 0 Å². The summed E-state index contributed by atoms with van der Waals surface area (Å²) in [6, 6.07) is 0. The van der Waals surface area contributed by atoms with E-state index in [9.17, 15) is 0 Å². The molecule has 0 saturated carbocycles. The average molecular weight is 377 g/mol. The molecular weight excluding hydrogens is 336 g/mol. The molecule has 150 valence electrons. The van der Waals surface area contributed by atoms with Gasteiger partial charge in [0.1, 0.15) is 11.3 Å². The van der Waals surface area contributed by atoms with E-state index in [0.717, 1.165) is 51.6 Å². The molecule has 1 rings (SSSR count). The summed E-state index contributed by atoms with van der Waals surface area (Å²) in [5, 5.41) is -0.534. The molecule has 0 aromatic rings. The summed E-state index contributed by atoms with van der Waals surface area (Å²) in [6.45, 7) is 14.1. The van der Waals surface area contributed by atoms with Crippen LogP contribution in [0.2, 0.25) is 0 Å². The van der Waals surface area contributed by atoms with E-state index in [4.69, 9.17) is 22.8 Å². The maximum atomic E-state index is 6.40. The number of unbranched alkanes of at least 4 members (excludes halogenated alkanes) is 3. The Morgan fingerprint density at radius 2 is 1.32 bits per heavy atom. The molecule has 1 fully saturated rings. The molecule has 1 saturated heterocycles. The van der Waals surface area contributed by atoms with Gasteiger partial charge in [-0.2, -0.15) is 0 Å². The van der Waals surface area contributed by atoms with Gasteiger partial charge < -0.3 is 22.8 Å². The Balaban J connectivity index is 2.91. The van der Waals surface area contributed by atoms with Crippen LogP contribution in [0.3, 0.4) is 0 Å². The molecule has 0 aliphatic carbocycles. The molecule has 6 heteroatoms. The van der Waals surface area contributed by atoms with Crippen LogP contribution in [0.4, 0.5) is 0 Å². The molecule has 2 atom stereocenters. The van der Waals surface area contributed by atoms with Gasteiger partial charge in [0.2, 0.25) is 0 Å². The van der Waals surface area contributed by atoms with Gasteiger partial charge in [0.05, 0.1) is 13.2 Å². The summed E-state index contributed by atoms with van der Waals surface area (Å²) < 4.78 is 30.8. The van der Waals surface area contributed by atoms with E-state index in [2.05, 4.69) is 34.6 Å². The lowest BCUT2D eigenvalue weighted by Gasteiger charge is -2.42. The number of epoxide rings is 1. The summed E-state index contributed by atoms with van der Waals surface area (Å²) in [6.07, 6.45) is 7.32. The van der Waals surface area contributed by atoms with Gasteiger partial charge in [0.25, 0.3) is 0 Å². The minimum atomic E-state index is -2.98. The Labute approximate surface area is 156 Å². The highest BCUT2D eigenvalue weighted by molar-refractivity contribution is 6.64. The van der Waals surface area contributed by atoms with E-state index in [0.29, 0.717) is 26.4 Å². The lowest BCUT2D eigenvalue weighted by Crippen LogP contribution is -2.65. The zero-order valence-electron chi connectivity index (χ0n) is 17.1. The Morgan fingerprint density at radius 1 is 0.880 bits per heavy atom. The molecule has 0 N–H and O–H groups in total. The van der Waals surface area contributed by atoms with Crippen molar-refractivity contribution < 1.29 is 22.8 Å². The smallest absolute Gasteiger partial charge is 0.372 e. The van der Waals surface area contributed by atoms with E-state index in [-0.39, 0.29) is 6.10 Å². The first-order valence-electron chi connectivity index (χ1n) is 10.2. The van der Waals surface area contributed by atoms with Gasteiger partial charge in [0.15, 0.2) is 0 Å². The Morgan fingerprint density at radius 3 is 1.64 bits per heavy atom. The molecule has 0 aromatic carbocycles. The third-order valence-electron chi connectivity index (χ3n) is 4.68. The summed E-state index contributed by atoms with van der Waals surface area (Å²) >= 11 is 0. The maximum Gasteiger partial charge on any atom is 0.534 e. The SMILES string of the molecule is CCCCO[Si](OCCCC)(OCCCC)C(C)(CC)OCC1CO1. The Bertz CT molecular complexity index is 311. The van der Waals surface area contributed by atoms with Crippen molar-refractivity contribution in [3.8, 4) is 0 Å². The van der Waals surface area contributed by atoms with Crippen molar-refractivity contribution in [2.45, 2.75) is 90.9 Å². The van der Waals surface area contributed by atoms with E-state index >= 15 is 0 Å². The molecule has 1 aliphatic heterocycles. The van der Waals surface area contributed by atoms with Crippen LogP contribution in [0.5, 0.6) is 0 Å². The molecule has 0 aromatic heterocycles. The van der Waals surface area contributed by atoms with Crippen molar-refractivity contribution in [1.82, 2.24) is 0 Å². The topological polar surface area (TPSA) is 49.5 Å². The molecule has 5 nitrogen and oxygen atoms in total. The molecule has 25 heavy (non-hydrogen) atoms. The van der Waals surface area contributed by atoms with Crippen LogP contribution in [0.1, 0.15) is 79.6 Å². The summed E-state index contributed by atoms with van der Waals surface area (Å²) in [4.78, 5) is 0. The molecule has 2 unspecified atom stereocenters. The van der Waals surface area contributed by atoms with Crippen molar-refractivity contribution in [2.24, 2.45) is 0 Å². The molecule has 1 heterocycles. The zero-order chi connectivity index (χ0) is 18.6. The van der Waals surface area contributed by atoms with Gasteiger partial charge in [-0.05, 0) is 32.6 Å². The first-order valence-corrected chi connectivity index (χ1v) is 12.0. The third kappa shape index (κ3) is 7.65. The van der Waals surface area contributed by atoms with E-state index in [1.54, 1.807) is 0 Å². The highest BCUT2D eigenvalue weighted by Gasteiger charge is 2.59. The van der Waals surface area contributed by atoms with E-state index in [1.165, 1.54) is 0 Å². The van der Waals surface area contributed by atoms with Gasteiger partial charge in [0, 0.05) is 19.8 Å². The molecule has 0 spiro atoms. The fraction of sp³-hybridized carbons (Fsp3) is 1.00. The summed E-state index contributed by atoms with van der Waals surface area (Å²) in [5.41, 5.74) is 0. The Kier molecular flexibility index (Phi) is 11.4. The normalized spacial score (nSPS) is 19.8. The fourth-order valence-corrected chi connectivity index (χ4v) is 5.58. The second-order valence-corrected chi connectivity index (χ2v) is 10.0. The molecule has 1 aliphatic rings. The predicted octanol–water partition coefficient (Wildman–Crippen LogP) is 4.50. The number of hydrogen-bond acceptors (Lipinski definition) is 5. The van der Waals surface area contributed by atoms with Crippen LogP contribution in [0, 0.1) is 0 Å². The highest BCUT2D eigenvalue weighted by Crippen LogP contribution is 2.33. The van der Waals surface area contributed by atoms with Crippen molar-refractivity contribution >= 4 is 8.80 Å². The van der Waals surface area contributed by atoms with Crippen LogP contribution in [-0.2, 0) is 22.8 Å². The zero-order valence-corrected chi connectivity index (χ0v) is 18.1. The molecule has 0 radical (unpaired) electrons. The van der Waals surface area contributed by atoms with Crippen LogP contribution in [0.15, 0.2) is 0 Å². The van der Waals surface area contributed by atoms with Crippen molar-refractivity contribution in [2.75, 3.05) is 33.0 Å². The third-order valence-corrected chi connectivity index (χ3v) is 8.23. The molecule has 0 bridgehead atoms. The summed E-state index contributed by atoms with van der Waals surface area (Å²) in [5.74, 6) is 0. The number of rotatable bonds is 17. The lowest BCUT2D eigenvalue weighted by molar-refractivity contribution is -0.0716. The average Bonchev–Trinajstić information content (AvgIpc) is 3.44. The van der Waals surface area contributed by atoms with Crippen molar-refractivity contribution in [1.29, 1.82) is 0 Å². The number of ether oxygens (including phenoxy) is 2. The number of hydrogen-bond donors (Lipinski definition) is 0. The first kappa shape index (κ1) is 23.1. The van der Waals surface area contributed by atoms with Gasteiger partial charge in [-0.1, -0.05) is 47.0 Å². The minimum Gasteiger partial charge on any atom is -0.372 e. The first-order chi connectivity index (χ1) is 12.1. The monoisotopic (exact) mass is 376 g/mol. The van der Waals surface area contributed by atoms with Crippen LogP contribution in [-0.4, -0.2) is 53.2 Å². The van der Waals surface area contributed by atoms with Gasteiger partial charge in [-0.3, -0.25) is 0 Å². The van der Waals surface area contributed by atoms with E-state index < -0.39 is 14.0 Å². The minimum absolute atomic E-state index is 0.222. The van der Waals surface area contributed by atoms with Crippen molar-refractivity contribution in [3.05, 3.63) is 0 Å². The Hall–Kier alpha value is 0.0169. The van der Waals surface area contributed by atoms with E-state index in [1.807, 2.05) is 0 Å². The van der Waals surface area contributed by atoms with Gasteiger partial charge in [-0.15, -0.1) is 0 Å². The predicted molar refractivity (Wildman–Crippen MR) is 103 cm³/mol. The standard InChI is InChI=1S/C19H40O5Si/c1-6-10-13-22-25(23-14-11-7-2,24-15-12-8-3)19(5,9-4)21-17-18-16-20-18/h18H,6-17H2,1-5H3. The largest absolute Gasteiger partial charge is 0.534 e. The van der Waals surface area contributed by atoms with Crippen LogP contribution >= 0.6 is 0 Å². The maximum absolute atomic E-state index is 6.40. The van der Waals surface area contributed by atoms with Crippen LogP contribution < -0.4 is 0 Å². The van der Waals surface area contributed by atoms with Crippen LogP contribution in [0.25, 0.3) is 0 Å². The second kappa shape index (κ2) is 12.4. The quantitative estimate of drug-likeness (QED) is 0.212. The van der Waals surface area contributed by atoms with Crippen molar-refractivity contribution in [3.63, 3.8) is 0 Å². The fourth-order valence-electron chi connectivity index (χ4n) is 2.48. The lowest BCUT2D eigenvalue weighted by atomic mass is 10.3. The highest BCUT2D eigenvalue weighted by atomic mass is 28.4. The second-order valence-electron chi connectivity index (χ2n) is 7.01.